The summed E-state index contributed by atoms with van der Waals surface area (Å²) < 4.78 is 0. The first-order valence-electron chi connectivity index (χ1n) is 6.62. The number of carboxylic acids is 1. The van der Waals surface area contributed by atoms with E-state index >= 15 is 0 Å². The average molecular weight is 268 g/mol. The normalized spacial score (nSPS) is 37.2. The maximum atomic E-state index is 12.2. The minimum absolute atomic E-state index is 0.253. The smallest absolute Gasteiger partial charge is 0.332 e. The fourth-order valence-electron chi connectivity index (χ4n) is 2.99. The van der Waals surface area contributed by atoms with Crippen molar-refractivity contribution in [2.45, 2.75) is 51.8 Å². The van der Waals surface area contributed by atoms with Gasteiger partial charge in [0.2, 0.25) is 5.91 Å². The van der Waals surface area contributed by atoms with E-state index in [1.165, 1.54) is 4.90 Å². The molecule has 2 N–H and O–H groups in total. The van der Waals surface area contributed by atoms with Crippen LogP contribution in [-0.4, -0.2) is 57.4 Å². The molecule has 4 unspecified atom stereocenters. The monoisotopic (exact) mass is 268 g/mol. The molecule has 0 aliphatic carbocycles. The molecule has 0 aromatic carbocycles. The number of hydrogen-bond acceptors (Lipinski definition) is 4. The van der Waals surface area contributed by atoms with Crippen molar-refractivity contribution >= 4 is 17.6 Å². The van der Waals surface area contributed by atoms with Crippen LogP contribution in [0, 0.1) is 5.41 Å². The number of β-lactam (4-membered cyclic amide) rings is 1. The Morgan fingerprint density at radius 1 is 1.63 bits per heavy atom. The number of amides is 1. The number of aliphatic carboxylic acids is 1. The van der Waals surface area contributed by atoms with Crippen LogP contribution in [-0.2, 0) is 9.59 Å². The molecule has 6 heteroatoms. The molecule has 0 aromatic heterocycles. The van der Waals surface area contributed by atoms with Crippen molar-refractivity contribution in [3.05, 3.63) is 0 Å². The minimum atomic E-state index is -1.04. The quantitative estimate of drug-likeness (QED) is 0.717. The van der Waals surface area contributed by atoms with Crippen molar-refractivity contribution in [2.24, 2.45) is 10.4 Å². The van der Waals surface area contributed by atoms with E-state index < -0.39 is 23.5 Å². The van der Waals surface area contributed by atoms with Crippen molar-refractivity contribution in [1.82, 2.24) is 4.90 Å². The average Bonchev–Trinajstić information content (AvgIpc) is 2.71. The van der Waals surface area contributed by atoms with Crippen LogP contribution >= 0.6 is 0 Å². The maximum absolute atomic E-state index is 12.2. The van der Waals surface area contributed by atoms with Gasteiger partial charge in [-0.1, -0.05) is 6.92 Å². The van der Waals surface area contributed by atoms with Gasteiger partial charge >= 0.3 is 5.97 Å². The van der Waals surface area contributed by atoms with Gasteiger partial charge in [0.05, 0.1) is 17.6 Å². The zero-order chi connectivity index (χ0) is 14.4. The Hall–Kier alpha value is -1.43. The Morgan fingerprint density at radius 2 is 2.26 bits per heavy atom. The van der Waals surface area contributed by atoms with E-state index in [0.717, 1.165) is 6.42 Å². The molecule has 0 saturated carbocycles. The van der Waals surface area contributed by atoms with Gasteiger partial charge in [-0.3, -0.25) is 9.79 Å². The van der Waals surface area contributed by atoms with Crippen LogP contribution in [0.4, 0.5) is 0 Å². The lowest BCUT2D eigenvalue weighted by atomic mass is 9.69. The molecule has 2 rings (SSSR count). The van der Waals surface area contributed by atoms with E-state index in [1.54, 1.807) is 13.8 Å². The zero-order valence-corrected chi connectivity index (χ0v) is 11.5. The predicted octanol–water partition coefficient (Wildman–Crippen LogP) is 0.292. The lowest BCUT2D eigenvalue weighted by molar-refractivity contribution is -0.185. The van der Waals surface area contributed by atoms with E-state index in [4.69, 9.17) is 0 Å². The number of carbonyl (C=O) groups excluding carboxylic acids is 1. The van der Waals surface area contributed by atoms with Crippen LogP contribution in [0.2, 0.25) is 0 Å². The van der Waals surface area contributed by atoms with Crippen LogP contribution in [0.5, 0.6) is 0 Å². The number of rotatable bonds is 4. The summed E-state index contributed by atoms with van der Waals surface area (Å²) in [4.78, 5) is 29.2. The lowest BCUT2D eigenvalue weighted by Crippen LogP contribution is -2.71. The Bertz CT molecular complexity index is 446. The molecule has 2 saturated heterocycles. The van der Waals surface area contributed by atoms with Crippen LogP contribution in [0.3, 0.4) is 0 Å². The van der Waals surface area contributed by atoms with Crippen molar-refractivity contribution in [3.8, 4) is 0 Å². The van der Waals surface area contributed by atoms with E-state index in [0.29, 0.717) is 18.7 Å². The fourth-order valence-corrected chi connectivity index (χ4v) is 2.99. The molecular formula is C13H20N2O4. The largest absolute Gasteiger partial charge is 0.479 e. The SMILES string of the molecule is CCCN=C1CC2N(C(=O)C2(C)C(C)O)C1C(=O)O. The molecule has 2 aliphatic rings. The molecule has 4 atom stereocenters. The Kier molecular flexibility index (Phi) is 3.38. The highest BCUT2D eigenvalue weighted by molar-refractivity contribution is 6.14. The minimum Gasteiger partial charge on any atom is -0.479 e. The van der Waals surface area contributed by atoms with Gasteiger partial charge in [0.25, 0.3) is 0 Å². The second-order valence-electron chi connectivity index (χ2n) is 5.50. The number of aliphatic hydroxyl groups excluding tert-OH is 1. The summed E-state index contributed by atoms with van der Waals surface area (Å²) in [5.41, 5.74) is -0.325. The molecule has 2 heterocycles. The zero-order valence-electron chi connectivity index (χ0n) is 11.5. The van der Waals surface area contributed by atoms with E-state index in [1.807, 2.05) is 6.92 Å². The van der Waals surface area contributed by atoms with Gasteiger partial charge in [0.1, 0.15) is 0 Å². The van der Waals surface area contributed by atoms with Gasteiger partial charge in [-0.15, -0.1) is 0 Å². The Balaban J connectivity index is 2.32. The van der Waals surface area contributed by atoms with Crippen molar-refractivity contribution in [3.63, 3.8) is 0 Å². The summed E-state index contributed by atoms with van der Waals surface area (Å²) in [6.45, 7) is 5.81. The summed E-state index contributed by atoms with van der Waals surface area (Å²) in [5.74, 6) is -1.33. The van der Waals surface area contributed by atoms with Gasteiger partial charge < -0.3 is 15.1 Å². The second kappa shape index (κ2) is 4.59. The van der Waals surface area contributed by atoms with Crippen molar-refractivity contribution in [1.29, 1.82) is 0 Å². The lowest BCUT2D eigenvalue weighted by Gasteiger charge is -2.53. The summed E-state index contributed by atoms with van der Waals surface area (Å²) in [6, 6.07) is -1.20. The first-order valence-corrected chi connectivity index (χ1v) is 6.62. The number of carbonyl (C=O) groups is 2. The third-order valence-corrected chi connectivity index (χ3v) is 4.36. The molecule has 2 aliphatic heterocycles. The van der Waals surface area contributed by atoms with Gasteiger partial charge in [-0.05, 0) is 20.3 Å². The highest BCUT2D eigenvalue weighted by Gasteiger charge is 2.67. The van der Waals surface area contributed by atoms with Crippen LogP contribution in [0.1, 0.15) is 33.6 Å². The van der Waals surface area contributed by atoms with E-state index in [-0.39, 0.29) is 11.9 Å². The summed E-state index contributed by atoms with van der Waals surface area (Å²) >= 11 is 0. The molecule has 0 aromatic rings. The highest BCUT2D eigenvalue weighted by Crippen LogP contribution is 2.49. The van der Waals surface area contributed by atoms with Gasteiger partial charge in [0.15, 0.2) is 6.04 Å². The fraction of sp³-hybridized carbons (Fsp3) is 0.769. The maximum Gasteiger partial charge on any atom is 0.332 e. The Labute approximate surface area is 112 Å². The highest BCUT2D eigenvalue weighted by atomic mass is 16.4. The number of hydrogen-bond donors (Lipinski definition) is 2. The molecule has 0 spiro atoms. The van der Waals surface area contributed by atoms with Crippen molar-refractivity contribution in [2.75, 3.05) is 6.54 Å². The first-order chi connectivity index (χ1) is 8.85. The topological polar surface area (TPSA) is 90.2 Å². The molecule has 0 bridgehead atoms. The van der Waals surface area contributed by atoms with E-state index in [9.17, 15) is 19.8 Å². The first kappa shape index (κ1) is 14.0. The summed E-state index contributed by atoms with van der Waals surface area (Å²) in [5, 5.41) is 19.1. The molecule has 6 nitrogen and oxygen atoms in total. The molecule has 19 heavy (non-hydrogen) atoms. The van der Waals surface area contributed by atoms with Crippen LogP contribution in [0.15, 0.2) is 4.99 Å². The number of carboxylic acid groups (broad SMARTS) is 1. The van der Waals surface area contributed by atoms with E-state index in [2.05, 4.69) is 4.99 Å². The second-order valence-corrected chi connectivity index (χ2v) is 5.50. The number of aliphatic hydroxyl groups is 1. The van der Waals surface area contributed by atoms with Crippen LogP contribution < -0.4 is 0 Å². The molecule has 106 valence electrons. The number of fused-ring (bicyclic) bond motifs is 1. The van der Waals surface area contributed by atoms with Crippen molar-refractivity contribution < 1.29 is 19.8 Å². The third kappa shape index (κ3) is 1.77. The third-order valence-electron chi connectivity index (χ3n) is 4.36. The van der Waals surface area contributed by atoms with Crippen LogP contribution in [0.25, 0.3) is 0 Å². The predicted molar refractivity (Wildman–Crippen MR) is 69.1 cm³/mol. The molecule has 1 amide bonds. The van der Waals surface area contributed by atoms with Gasteiger partial charge in [0, 0.05) is 18.7 Å². The van der Waals surface area contributed by atoms with Gasteiger partial charge in [-0.25, -0.2) is 4.79 Å². The Morgan fingerprint density at radius 3 is 2.74 bits per heavy atom. The van der Waals surface area contributed by atoms with Gasteiger partial charge in [-0.2, -0.15) is 0 Å². The molecule has 2 fully saturated rings. The molecule has 0 radical (unpaired) electrons. The number of aliphatic imine (C=N–C) groups is 1. The summed E-state index contributed by atoms with van der Waals surface area (Å²) in [7, 11) is 0. The summed E-state index contributed by atoms with van der Waals surface area (Å²) in [6.07, 6.45) is 0.493. The number of nitrogens with zero attached hydrogens (tertiary/aromatic N) is 2. The molecular weight excluding hydrogens is 248 g/mol. The standard InChI is InChI=1S/C13H20N2O4/c1-4-5-14-8-6-9-13(3,7(2)16)12(19)15(9)10(8)11(17)18/h7,9-10,16H,4-6H2,1-3H3,(H,17,18).